The summed E-state index contributed by atoms with van der Waals surface area (Å²) in [4.78, 5) is 36.4. The molecule has 1 aliphatic rings. The molecule has 2 rings (SSSR count). The molecule has 32 heavy (non-hydrogen) atoms. The van der Waals surface area contributed by atoms with Crippen molar-refractivity contribution in [3.63, 3.8) is 0 Å². The van der Waals surface area contributed by atoms with Crippen LogP contribution in [0.1, 0.15) is 62.4 Å². The number of carbonyl (C=O) groups excluding carboxylic acids is 3. The molecule has 2 unspecified atom stereocenters. The molecule has 0 saturated heterocycles. The Labute approximate surface area is 189 Å². The molecular formula is C22H33N3O6S. The molecule has 0 bridgehead atoms. The highest BCUT2D eigenvalue weighted by molar-refractivity contribution is 7.89. The first kappa shape index (κ1) is 25.8. The molecule has 9 nitrogen and oxygen atoms in total. The molecule has 178 valence electrons. The van der Waals surface area contributed by atoms with Gasteiger partial charge in [0.05, 0.1) is 10.5 Å². The van der Waals surface area contributed by atoms with Crippen LogP contribution in [0.2, 0.25) is 0 Å². The van der Waals surface area contributed by atoms with Gasteiger partial charge in [0, 0.05) is 19.1 Å². The molecule has 2 atom stereocenters. The SMILES string of the molecule is CCN(CC)S(=O)(=O)c1cc(C(=O)OCC(=O)NC(=O)NC2CCCCC2C)ccc1C. The van der Waals surface area contributed by atoms with E-state index in [1.807, 2.05) is 0 Å². The summed E-state index contributed by atoms with van der Waals surface area (Å²) in [6.07, 6.45) is 4.05. The van der Waals surface area contributed by atoms with Crippen molar-refractivity contribution in [2.45, 2.75) is 64.3 Å². The van der Waals surface area contributed by atoms with Crippen LogP contribution < -0.4 is 10.6 Å². The van der Waals surface area contributed by atoms with Gasteiger partial charge in [0.1, 0.15) is 0 Å². The molecule has 1 aromatic rings. The minimum absolute atomic E-state index is 0.00890. The summed E-state index contributed by atoms with van der Waals surface area (Å²) in [5.74, 6) is -1.27. The normalized spacial score (nSPS) is 18.8. The van der Waals surface area contributed by atoms with Crippen LogP contribution >= 0.6 is 0 Å². The molecule has 10 heteroatoms. The van der Waals surface area contributed by atoms with Gasteiger partial charge in [0.15, 0.2) is 6.61 Å². The number of rotatable bonds is 8. The molecule has 2 N–H and O–H groups in total. The summed E-state index contributed by atoms with van der Waals surface area (Å²) < 4.78 is 31.9. The second-order valence-corrected chi connectivity index (χ2v) is 9.94. The first-order valence-corrected chi connectivity index (χ1v) is 12.4. The van der Waals surface area contributed by atoms with Crippen LogP contribution in [0.5, 0.6) is 0 Å². The van der Waals surface area contributed by atoms with Gasteiger partial charge in [-0.2, -0.15) is 4.31 Å². The molecular weight excluding hydrogens is 434 g/mol. The van der Waals surface area contributed by atoms with E-state index in [4.69, 9.17) is 4.74 Å². The Morgan fingerprint density at radius 1 is 1.12 bits per heavy atom. The smallest absolute Gasteiger partial charge is 0.338 e. The summed E-state index contributed by atoms with van der Waals surface area (Å²) in [6, 6.07) is 3.60. The molecule has 0 aromatic heterocycles. The van der Waals surface area contributed by atoms with Crippen LogP contribution in [0.15, 0.2) is 23.1 Å². The van der Waals surface area contributed by atoms with Crippen molar-refractivity contribution in [2.75, 3.05) is 19.7 Å². The largest absolute Gasteiger partial charge is 0.452 e. The van der Waals surface area contributed by atoms with E-state index in [9.17, 15) is 22.8 Å². The van der Waals surface area contributed by atoms with E-state index < -0.39 is 34.5 Å². The van der Waals surface area contributed by atoms with Crippen molar-refractivity contribution in [1.29, 1.82) is 0 Å². The third-order valence-corrected chi connectivity index (χ3v) is 7.95. The number of hydrogen-bond acceptors (Lipinski definition) is 6. The number of carbonyl (C=O) groups is 3. The van der Waals surface area contributed by atoms with Crippen molar-refractivity contribution in [3.8, 4) is 0 Å². The average Bonchev–Trinajstić information content (AvgIpc) is 2.74. The van der Waals surface area contributed by atoms with E-state index in [2.05, 4.69) is 17.6 Å². The third-order valence-electron chi connectivity index (χ3n) is 5.76. The monoisotopic (exact) mass is 467 g/mol. The van der Waals surface area contributed by atoms with Crippen molar-refractivity contribution in [3.05, 3.63) is 29.3 Å². The Kier molecular flexibility index (Phi) is 9.21. The van der Waals surface area contributed by atoms with E-state index >= 15 is 0 Å². The number of esters is 1. The van der Waals surface area contributed by atoms with Crippen LogP contribution in [0.4, 0.5) is 4.79 Å². The molecule has 0 radical (unpaired) electrons. The standard InChI is InChI=1S/C22H33N3O6S/c1-5-25(6-2)32(29,30)19-13-17(12-11-16(19)4)21(27)31-14-20(26)24-22(28)23-18-10-8-7-9-15(18)3/h11-13,15,18H,5-10,14H2,1-4H3,(H2,23,24,26,28). The lowest BCUT2D eigenvalue weighted by Gasteiger charge is -2.29. The van der Waals surface area contributed by atoms with Gasteiger partial charge in [-0.15, -0.1) is 0 Å². The van der Waals surface area contributed by atoms with Crippen LogP contribution in [0.25, 0.3) is 0 Å². The Morgan fingerprint density at radius 2 is 1.78 bits per heavy atom. The number of amides is 3. The predicted molar refractivity (Wildman–Crippen MR) is 120 cm³/mol. The average molecular weight is 468 g/mol. The van der Waals surface area contributed by atoms with Gasteiger partial charge in [0.2, 0.25) is 10.0 Å². The summed E-state index contributed by atoms with van der Waals surface area (Å²) in [5.41, 5.74) is 0.509. The van der Waals surface area contributed by atoms with Gasteiger partial charge in [-0.25, -0.2) is 18.0 Å². The minimum Gasteiger partial charge on any atom is -0.452 e. The Bertz CT molecular complexity index is 943. The highest BCUT2D eigenvalue weighted by atomic mass is 32.2. The van der Waals surface area contributed by atoms with Crippen LogP contribution in [-0.2, 0) is 19.6 Å². The van der Waals surface area contributed by atoms with E-state index in [-0.39, 0.29) is 16.5 Å². The summed E-state index contributed by atoms with van der Waals surface area (Å²) >= 11 is 0. The highest BCUT2D eigenvalue weighted by Gasteiger charge is 2.26. The zero-order valence-corrected chi connectivity index (χ0v) is 20.0. The maximum absolute atomic E-state index is 12.8. The van der Waals surface area contributed by atoms with Crippen molar-refractivity contribution in [1.82, 2.24) is 14.9 Å². The van der Waals surface area contributed by atoms with Gasteiger partial charge >= 0.3 is 12.0 Å². The Balaban J connectivity index is 1.96. The maximum atomic E-state index is 12.8. The molecule has 1 saturated carbocycles. The fourth-order valence-electron chi connectivity index (χ4n) is 3.82. The molecule has 3 amide bonds. The lowest BCUT2D eigenvalue weighted by molar-refractivity contribution is -0.123. The number of nitrogens with zero attached hydrogens (tertiary/aromatic N) is 1. The number of ether oxygens (including phenoxy) is 1. The van der Waals surface area contributed by atoms with Gasteiger partial charge < -0.3 is 10.1 Å². The fourth-order valence-corrected chi connectivity index (χ4v) is 5.53. The van der Waals surface area contributed by atoms with Crippen LogP contribution in [0, 0.1) is 12.8 Å². The topological polar surface area (TPSA) is 122 Å². The third kappa shape index (κ3) is 6.52. The molecule has 0 heterocycles. The lowest BCUT2D eigenvalue weighted by Crippen LogP contribution is -2.48. The number of aryl methyl sites for hydroxylation is 1. The summed E-state index contributed by atoms with van der Waals surface area (Å²) in [7, 11) is -3.76. The minimum atomic E-state index is -3.76. The van der Waals surface area contributed by atoms with Crippen molar-refractivity contribution in [2.24, 2.45) is 5.92 Å². The zero-order valence-electron chi connectivity index (χ0n) is 19.1. The fraction of sp³-hybridized carbons (Fsp3) is 0.591. The second kappa shape index (κ2) is 11.4. The van der Waals surface area contributed by atoms with Gasteiger partial charge in [-0.3, -0.25) is 10.1 Å². The van der Waals surface area contributed by atoms with E-state index in [0.29, 0.717) is 24.6 Å². The Morgan fingerprint density at radius 3 is 2.41 bits per heavy atom. The molecule has 1 fully saturated rings. The van der Waals surface area contributed by atoms with Gasteiger partial charge in [0.25, 0.3) is 5.91 Å². The van der Waals surface area contributed by atoms with E-state index in [1.54, 1.807) is 20.8 Å². The maximum Gasteiger partial charge on any atom is 0.338 e. The van der Waals surface area contributed by atoms with E-state index in [0.717, 1.165) is 25.7 Å². The van der Waals surface area contributed by atoms with Crippen molar-refractivity contribution < 1.29 is 27.5 Å². The zero-order chi connectivity index (χ0) is 23.9. The number of benzene rings is 1. The molecule has 0 spiro atoms. The highest BCUT2D eigenvalue weighted by Crippen LogP contribution is 2.24. The first-order valence-electron chi connectivity index (χ1n) is 11.0. The molecule has 1 aromatic carbocycles. The summed E-state index contributed by atoms with van der Waals surface area (Å²) in [5, 5.41) is 4.95. The van der Waals surface area contributed by atoms with Gasteiger partial charge in [-0.05, 0) is 43.4 Å². The number of sulfonamides is 1. The number of imide groups is 1. The van der Waals surface area contributed by atoms with Crippen molar-refractivity contribution >= 4 is 27.9 Å². The first-order chi connectivity index (χ1) is 15.1. The van der Waals surface area contributed by atoms with E-state index in [1.165, 1.54) is 22.5 Å². The quantitative estimate of drug-likeness (QED) is 0.567. The summed E-state index contributed by atoms with van der Waals surface area (Å²) in [6.45, 7) is 7.12. The second-order valence-electron chi connectivity index (χ2n) is 8.04. The number of nitrogens with one attached hydrogen (secondary N) is 2. The Hall–Kier alpha value is -2.46. The van der Waals surface area contributed by atoms with Gasteiger partial charge in [-0.1, -0.05) is 39.7 Å². The molecule has 0 aliphatic heterocycles. The number of urea groups is 1. The van der Waals surface area contributed by atoms with Crippen LogP contribution in [-0.4, -0.2) is 56.4 Å². The lowest BCUT2D eigenvalue weighted by atomic mass is 9.86. The molecule has 1 aliphatic carbocycles. The predicted octanol–water partition coefficient (Wildman–Crippen LogP) is 2.59. The number of hydrogen-bond donors (Lipinski definition) is 2. The van der Waals surface area contributed by atoms with Crippen LogP contribution in [0.3, 0.4) is 0 Å².